The summed E-state index contributed by atoms with van der Waals surface area (Å²) in [6.45, 7) is 14.4. The van der Waals surface area contributed by atoms with Gasteiger partial charge in [-0.15, -0.1) is 0 Å². The second-order valence-electron chi connectivity index (χ2n) is 18.5. The summed E-state index contributed by atoms with van der Waals surface area (Å²) in [6.07, 6.45) is 0. The summed E-state index contributed by atoms with van der Waals surface area (Å²) >= 11 is 3.90. The Balaban J connectivity index is 1.22. The van der Waals surface area contributed by atoms with Crippen molar-refractivity contribution in [2.45, 2.75) is 72.0 Å². The van der Waals surface area contributed by atoms with Crippen molar-refractivity contribution < 1.29 is 0 Å². The molecular formula is C50H38B2N2S2. The van der Waals surface area contributed by atoms with E-state index in [-0.39, 0.29) is 24.3 Å². The highest BCUT2D eigenvalue weighted by Crippen LogP contribution is 2.46. The molecule has 0 fully saturated rings. The molecule has 0 spiro atoms. The summed E-state index contributed by atoms with van der Waals surface area (Å²) in [7, 11) is 0. The van der Waals surface area contributed by atoms with Gasteiger partial charge in [-0.2, -0.15) is 0 Å². The van der Waals surface area contributed by atoms with Gasteiger partial charge in [0.2, 0.25) is 13.4 Å². The molecule has 6 heteroatoms. The van der Waals surface area contributed by atoms with Gasteiger partial charge in [0, 0.05) is 52.5 Å². The van der Waals surface area contributed by atoms with E-state index < -0.39 is 0 Å². The SMILES string of the molecule is CC(C)(C)c1ccc2c(c1)B1c3c(cccc3-n3c4ccccc4c4c3c1cc1c3ccc5c6c3n(c14)-c1ccccc1B6c1cc(C(C)(C)C)ccc1S5)S2. The predicted octanol–water partition coefficient (Wildman–Crippen LogP) is 9.06. The first-order valence-corrected chi connectivity index (χ1v) is 21.6. The van der Waals surface area contributed by atoms with E-state index in [9.17, 15) is 0 Å². The molecule has 0 N–H and O–H groups in total. The maximum Gasteiger partial charge on any atom is 0.249 e. The fourth-order valence-electron chi connectivity index (χ4n) is 10.8. The van der Waals surface area contributed by atoms with Gasteiger partial charge >= 0.3 is 0 Å². The van der Waals surface area contributed by atoms with Gasteiger partial charge in [0.1, 0.15) is 0 Å². The summed E-state index contributed by atoms with van der Waals surface area (Å²) in [6, 6.07) is 47.5. The second-order valence-corrected chi connectivity index (χ2v) is 20.6. The van der Waals surface area contributed by atoms with Crippen LogP contribution in [-0.2, 0) is 10.8 Å². The maximum absolute atomic E-state index is 2.68. The minimum absolute atomic E-state index is 0.0539. The van der Waals surface area contributed by atoms with Crippen LogP contribution < -0.4 is 32.8 Å². The molecule has 0 amide bonds. The third-order valence-corrected chi connectivity index (χ3v) is 15.7. The van der Waals surface area contributed by atoms with Gasteiger partial charge < -0.3 is 9.13 Å². The third-order valence-electron chi connectivity index (χ3n) is 13.3. The third kappa shape index (κ3) is 3.90. The monoisotopic (exact) mass is 752 g/mol. The molecule has 4 aliphatic heterocycles. The Morgan fingerprint density at radius 3 is 1.79 bits per heavy atom. The number of aromatic nitrogens is 2. The molecular weight excluding hydrogens is 714 g/mol. The summed E-state index contributed by atoms with van der Waals surface area (Å²) in [5.41, 5.74) is 19.5. The van der Waals surface area contributed by atoms with Crippen LogP contribution in [0.2, 0.25) is 0 Å². The van der Waals surface area contributed by atoms with Crippen molar-refractivity contribution in [2.24, 2.45) is 0 Å². The average molecular weight is 753 g/mol. The Morgan fingerprint density at radius 1 is 0.429 bits per heavy atom. The van der Waals surface area contributed by atoms with E-state index in [0.717, 1.165) is 0 Å². The number of fused-ring (bicyclic) bond motifs is 16. The standard InChI is InChI=1S/C50H38B2N2S2/c1-49(2,3)27-18-21-39-33(24-27)51-32-13-8-10-15-37(32)54-46-31(29-20-23-42(56-39)45(51)47(29)54)26-35-48-43(46)30-12-7-9-14-36(30)53(48)38-16-11-17-41-44(38)52(35)34-25-28(50(4,5)6)19-22-40(34)55-41/h7-26H,1-6H3. The van der Waals surface area contributed by atoms with Gasteiger partial charge in [0.15, 0.2) is 0 Å². The number of para-hydroxylation sites is 2. The molecule has 0 unspecified atom stereocenters. The highest BCUT2D eigenvalue weighted by molar-refractivity contribution is 8.00. The summed E-state index contributed by atoms with van der Waals surface area (Å²) in [4.78, 5) is 5.51. The molecule has 13 rings (SSSR count). The van der Waals surface area contributed by atoms with Gasteiger partial charge in [-0.25, -0.2) is 0 Å². The molecule has 2 aromatic heterocycles. The fraction of sp³-hybridized carbons (Fsp3) is 0.160. The van der Waals surface area contributed by atoms with Crippen molar-refractivity contribution in [1.82, 2.24) is 9.13 Å². The lowest BCUT2D eigenvalue weighted by Gasteiger charge is -2.34. The van der Waals surface area contributed by atoms with Gasteiger partial charge in [-0.3, -0.25) is 0 Å². The van der Waals surface area contributed by atoms with Gasteiger partial charge in [-0.1, -0.05) is 155 Å². The first kappa shape index (κ1) is 32.1. The van der Waals surface area contributed by atoms with Crippen molar-refractivity contribution in [3.63, 3.8) is 0 Å². The van der Waals surface area contributed by atoms with Crippen LogP contribution in [0.1, 0.15) is 52.7 Å². The largest absolute Gasteiger partial charge is 0.310 e. The molecule has 0 aliphatic carbocycles. The Hall–Kier alpha value is -5.03. The van der Waals surface area contributed by atoms with Crippen molar-refractivity contribution in [2.75, 3.05) is 0 Å². The Bertz CT molecular complexity index is 3300. The van der Waals surface area contributed by atoms with E-state index in [0.29, 0.717) is 0 Å². The lowest BCUT2D eigenvalue weighted by molar-refractivity contribution is 0.590. The van der Waals surface area contributed by atoms with E-state index >= 15 is 0 Å². The van der Waals surface area contributed by atoms with E-state index in [2.05, 4.69) is 172 Å². The van der Waals surface area contributed by atoms with Gasteiger partial charge in [0.25, 0.3) is 0 Å². The van der Waals surface area contributed by atoms with Crippen LogP contribution in [0.4, 0.5) is 0 Å². The van der Waals surface area contributed by atoms with Crippen LogP contribution in [0.3, 0.4) is 0 Å². The minimum Gasteiger partial charge on any atom is -0.310 e. The molecule has 4 aliphatic rings. The average Bonchev–Trinajstić information content (AvgIpc) is 3.71. The van der Waals surface area contributed by atoms with Crippen LogP contribution in [0.15, 0.2) is 141 Å². The van der Waals surface area contributed by atoms with Gasteiger partial charge in [-0.05, 0) is 86.3 Å². The molecule has 266 valence electrons. The van der Waals surface area contributed by atoms with Crippen molar-refractivity contribution >= 4 is 113 Å². The number of hydrogen-bond donors (Lipinski definition) is 0. The minimum atomic E-state index is 0.0539. The molecule has 0 radical (unpaired) electrons. The van der Waals surface area contributed by atoms with Crippen molar-refractivity contribution in [3.8, 4) is 11.4 Å². The molecule has 6 heterocycles. The topological polar surface area (TPSA) is 9.86 Å². The van der Waals surface area contributed by atoms with Crippen LogP contribution in [0, 0.1) is 0 Å². The highest BCUT2D eigenvalue weighted by atomic mass is 32.2. The van der Waals surface area contributed by atoms with Crippen molar-refractivity contribution in [3.05, 3.63) is 132 Å². The molecule has 0 saturated carbocycles. The molecule has 9 aromatic rings. The zero-order chi connectivity index (χ0) is 37.6. The molecule has 56 heavy (non-hydrogen) atoms. The molecule has 0 bridgehead atoms. The number of rotatable bonds is 0. The number of nitrogens with zero attached hydrogens (tertiary/aromatic N) is 2. The Labute approximate surface area is 336 Å². The zero-order valence-corrected chi connectivity index (χ0v) is 34.0. The molecule has 0 atom stereocenters. The summed E-state index contributed by atoms with van der Waals surface area (Å²) in [5.74, 6) is 0. The second kappa shape index (κ2) is 10.5. The molecule has 7 aromatic carbocycles. The van der Waals surface area contributed by atoms with E-state index in [1.54, 1.807) is 0 Å². The van der Waals surface area contributed by atoms with Crippen LogP contribution >= 0.6 is 23.5 Å². The van der Waals surface area contributed by atoms with Crippen LogP contribution in [-0.4, -0.2) is 22.6 Å². The summed E-state index contributed by atoms with van der Waals surface area (Å²) in [5, 5.41) is 5.41. The lowest BCUT2D eigenvalue weighted by atomic mass is 9.35. The smallest absolute Gasteiger partial charge is 0.249 e. The van der Waals surface area contributed by atoms with Gasteiger partial charge in [0.05, 0.1) is 22.1 Å². The van der Waals surface area contributed by atoms with Crippen LogP contribution in [0.5, 0.6) is 0 Å². The zero-order valence-electron chi connectivity index (χ0n) is 32.4. The van der Waals surface area contributed by atoms with Crippen LogP contribution in [0.25, 0.3) is 55.0 Å². The number of hydrogen-bond acceptors (Lipinski definition) is 2. The quantitative estimate of drug-likeness (QED) is 0.143. The highest BCUT2D eigenvalue weighted by Gasteiger charge is 2.44. The first-order valence-electron chi connectivity index (χ1n) is 20.0. The van der Waals surface area contributed by atoms with Crippen molar-refractivity contribution in [1.29, 1.82) is 0 Å². The maximum atomic E-state index is 2.68. The Morgan fingerprint density at radius 2 is 1.05 bits per heavy atom. The molecule has 2 nitrogen and oxygen atoms in total. The number of benzene rings is 7. The normalized spacial score (nSPS) is 14.8. The molecule has 0 saturated heterocycles. The lowest BCUT2D eigenvalue weighted by Crippen LogP contribution is -2.59. The fourth-order valence-corrected chi connectivity index (χ4v) is 13.0. The predicted molar refractivity (Wildman–Crippen MR) is 243 cm³/mol. The first-order chi connectivity index (χ1) is 27.1. The van der Waals surface area contributed by atoms with E-state index in [1.807, 2.05) is 23.5 Å². The Kier molecular flexibility index (Phi) is 6.00. The summed E-state index contributed by atoms with van der Waals surface area (Å²) < 4.78 is 5.30. The van der Waals surface area contributed by atoms with E-state index in [4.69, 9.17) is 0 Å². The van der Waals surface area contributed by atoms with E-state index in [1.165, 1.54) is 118 Å².